The lowest BCUT2D eigenvalue weighted by atomic mass is 10.0. The van der Waals surface area contributed by atoms with Gasteiger partial charge in [-0.2, -0.15) is 8.42 Å². The van der Waals surface area contributed by atoms with Crippen molar-refractivity contribution in [3.63, 3.8) is 0 Å². The number of nitro groups is 1. The number of nitro benzene ring substituents is 1. The SMILES string of the molecule is O=C(CCC(=O)OC[C@@H](NC(=O)C(Cl)Cl)[C@H](O)c1ccc([N+](=O)[O-])cc1)NCCS(=O)(=O)O. The van der Waals surface area contributed by atoms with E-state index in [-0.39, 0.29) is 24.2 Å². The maximum atomic E-state index is 11.9. The van der Waals surface area contributed by atoms with Gasteiger partial charge in [-0.1, -0.05) is 23.2 Å². The number of ether oxygens (including phenoxy) is 1. The van der Waals surface area contributed by atoms with Crippen molar-refractivity contribution in [2.24, 2.45) is 0 Å². The zero-order chi connectivity index (χ0) is 25.2. The van der Waals surface area contributed by atoms with Gasteiger partial charge in [0.25, 0.3) is 21.7 Å². The topological polar surface area (TPSA) is 202 Å². The van der Waals surface area contributed by atoms with Crippen LogP contribution in [0.4, 0.5) is 5.69 Å². The molecule has 0 radical (unpaired) electrons. The third-order valence-corrected chi connectivity index (χ3v) is 5.13. The number of benzene rings is 1. The Labute approximate surface area is 198 Å². The van der Waals surface area contributed by atoms with Gasteiger partial charge >= 0.3 is 5.97 Å². The molecule has 0 aliphatic heterocycles. The first-order valence-electron chi connectivity index (χ1n) is 9.18. The first-order valence-corrected chi connectivity index (χ1v) is 11.7. The second-order valence-electron chi connectivity index (χ2n) is 6.53. The summed E-state index contributed by atoms with van der Waals surface area (Å²) in [5.41, 5.74) is -0.0599. The summed E-state index contributed by atoms with van der Waals surface area (Å²) in [7, 11) is -4.24. The minimum Gasteiger partial charge on any atom is -0.463 e. The quantitative estimate of drug-likeness (QED) is 0.0900. The maximum Gasteiger partial charge on any atom is 0.306 e. The zero-order valence-corrected chi connectivity index (χ0v) is 19.2. The molecule has 2 atom stereocenters. The van der Waals surface area contributed by atoms with Crippen molar-refractivity contribution in [2.45, 2.75) is 29.8 Å². The highest BCUT2D eigenvalue weighted by Gasteiger charge is 2.27. The third-order valence-electron chi connectivity index (χ3n) is 4.01. The molecule has 184 valence electrons. The van der Waals surface area contributed by atoms with E-state index < -0.39 is 68.6 Å². The van der Waals surface area contributed by atoms with Crippen LogP contribution in [0.3, 0.4) is 0 Å². The second kappa shape index (κ2) is 13.3. The number of hydrogen-bond acceptors (Lipinski definition) is 9. The molecule has 0 spiro atoms. The molecule has 0 heterocycles. The van der Waals surface area contributed by atoms with E-state index in [1.54, 1.807) is 0 Å². The fourth-order valence-electron chi connectivity index (χ4n) is 2.36. The Kier molecular flexibility index (Phi) is 11.4. The highest BCUT2D eigenvalue weighted by molar-refractivity contribution is 7.85. The number of aliphatic hydroxyl groups excluding tert-OH is 1. The Hall–Kier alpha value is -2.52. The predicted molar refractivity (Wildman–Crippen MR) is 115 cm³/mol. The van der Waals surface area contributed by atoms with Crippen LogP contribution in [-0.4, -0.2) is 70.6 Å². The number of carbonyl (C=O) groups excluding carboxylic acids is 3. The molecule has 4 N–H and O–H groups in total. The average molecular weight is 530 g/mol. The largest absolute Gasteiger partial charge is 0.463 e. The van der Waals surface area contributed by atoms with Crippen molar-refractivity contribution < 1.29 is 42.1 Å². The van der Waals surface area contributed by atoms with Gasteiger partial charge in [-0.25, -0.2) is 0 Å². The van der Waals surface area contributed by atoms with E-state index in [4.69, 9.17) is 32.5 Å². The standard InChI is InChI=1S/C17H21Cl2N3O10S/c18-16(19)17(26)21-12(15(25)10-1-3-11(4-2-10)22(27)28)9-32-14(24)6-5-13(23)20-7-8-33(29,30)31/h1-4,12,15-16,25H,5-9H2,(H,20,23)(H,21,26)(H,29,30,31)/t12-,15-/m1/s1. The molecule has 0 aromatic heterocycles. The van der Waals surface area contributed by atoms with Crippen molar-refractivity contribution in [1.82, 2.24) is 10.6 Å². The molecule has 0 bridgehead atoms. The van der Waals surface area contributed by atoms with Crippen molar-refractivity contribution in [1.29, 1.82) is 0 Å². The van der Waals surface area contributed by atoms with Crippen LogP contribution in [0.5, 0.6) is 0 Å². The first-order chi connectivity index (χ1) is 15.3. The number of nitrogens with zero attached hydrogens (tertiary/aromatic N) is 1. The molecule has 1 rings (SSSR count). The molecule has 13 nitrogen and oxygen atoms in total. The van der Waals surface area contributed by atoms with Gasteiger partial charge in [-0.15, -0.1) is 0 Å². The van der Waals surface area contributed by atoms with Crippen LogP contribution in [0.15, 0.2) is 24.3 Å². The fourth-order valence-corrected chi connectivity index (χ4v) is 2.85. The summed E-state index contributed by atoms with van der Waals surface area (Å²) in [6.07, 6.45) is -2.21. The summed E-state index contributed by atoms with van der Waals surface area (Å²) in [5, 5.41) is 25.8. The molecule has 0 aliphatic rings. The Balaban J connectivity index is 2.68. The van der Waals surface area contributed by atoms with E-state index >= 15 is 0 Å². The zero-order valence-electron chi connectivity index (χ0n) is 16.8. The van der Waals surface area contributed by atoms with Crippen LogP contribution in [0.25, 0.3) is 0 Å². The average Bonchev–Trinajstić information content (AvgIpc) is 2.73. The number of carbonyl (C=O) groups is 3. The molecule has 1 aromatic carbocycles. The van der Waals surface area contributed by atoms with E-state index in [2.05, 4.69) is 10.6 Å². The lowest BCUT2D eigenvalue weighted by Gasteiger charge is -2.24. The van der Waals surface area contributed by atoms with Gasteiger partial charge in [-0.05, 0) is 17.7 Å². The van der Waals surface area contributed by atoms with Crippen molar-refractivity contribution in [2.75, 3.05) is 18.9 Å². The Morgan fingerprint density at radius 2 is 1.76 bits per heavy atom. The summed E-state index contributed by atoms with van der Waals surface area (Å²) < 4.78 is 34.7. The van der Waals surface area contributed by atoms with Gasteiger partial charge < -0.3 is 20.5 Å². The predicted octanol–water partition coefficient (Wildman–Crippen LogP) is 0.244. The molecule has 33 heavy (non-hydrogen) atoms. The van der Waals surface area contributed by atoms with Gasteiger partial charge in [0.2, 0.25) is 5.91 Å². The van der Waals surface area contributed by atoms with Gasteiger partial charge in [-0.3, -0.25) is 29.1 Å². The summed E-state index contributed by atoms with van der Waals surface area (Å²) in [5.74, 6) is -3.12. The number of rotatable bonds is 13. The first kappa shape index (κ1) is 28.5. The smallest absolute Gasteiger partial charge is 0.306 e. The number of esters is 1. The number of halogens is 2. The van der Waals surface area contributed by atoms with Gasteiger partial charge in [0, 0.05) is 25.1 Å². The van der Waals surface area contributed by atoms with E-state index in [9.17, 15) is 38.0 Å². The third kappa shape index (κ3) is 11.3. The minimum absolute atomic E-state index is 0.167. The van der Waals surface area contributed by atoms with Crippen LogP contribution >= 0.6 is 23.2 Å². The summed E-state index contributed by atoms with van der Waals surface area (Å²) >= 11 is 11.0. The van der Waals surface area contributed by atoms with Crippen LogP contribution in [0.2, 0.25) is 0 Å². The minimum atomic E-state index is -4.24. The molecule has 0 fully saturated rings. The maximum absolute atomic E-state index is 11.9. The van der Waals surface area contributed by atoms with Crippen LogP contribution in [0, 0.1) is 10.1 Å². The monoisotopic (exact) mass is 529 g/mol. The molecular weight excluding hydrogens is 509 g/mol. The Bertz CT molecular complexity index is 956. The summed E-state index contributed by atoms with van der Waals surface area (Å²) in [6, 6.07) is 3.54. The van der Waals surface area contributed by atoms with Gasteiger partial charge in [0.1, 0.15) is 12.7 Å². The van der Waals surface area contributed by atoms with E-state index in [1.807, 2.05) is 0 Å². The van der Waals surface area contributed by atoms with Crippen molar-refractivity contribution >= 4 is 56.8 Å². The normalized spacial score (nSPS) is 13.1. The van der Waals surface area contributed by atoms with Gasteiger partial charge in [0.05, 0.1) is 23.1 Å². The van der Waals surface area contributed by atoms with Crippen LogP contribution in [0.1, 0.15) is 24.5 Å². The van der Waals surface area contributed by atoms with Crippen LogP contribution in [-0.2, 0) is 29.2 Å². The molecule has 2 amide bonds. The number of aliphatic hydroxyl groups is 1. The fraction of sp³-hybridized carbons (Fsp3) is 0.471. The lowest BCUT2D eigenvalue weighted by Crippen LogP contribution is -2.45. The van der Waals surface area contributed by atoms with E-state index in [0.717, 1.165) is 12.1 Å². The molecular formula is C17H21Cl2N3O10S. The van der Waals surface area contributed by atoms with E-state index in [1.165, 1.54) is 12.1 Å². The van der Waals surface area contributed by atoms with E-state index in [0.29, 0.717) is 0 Å². The summed E-state index contributed by atoms with van der Waals surface area (Å²) in [6.45, 7) is -0.895. The molecule has 16 heteroatoms. The highest BCUT2D eigenvalue weighted by atomic mass is 35.5. The molecule has 0 unspecified atom stereocenters. The number of alkyl halides is 2. The molecule has 1 aromatic rings. The van der Waals surface area contributed by atoms with Crippen molar-refractivity contribution in [3.05, 3.63) is 39.9 Å². The number of hydrogen-bond donors (Lipinski definition) is 4. The number of nitrogens with one attached hydrogen (secondary N) is 2. The number of amides is 2. The molecule has 0 saturated carbocycles. The second-order valence-corrected chi connectivity index (χ2v) is 9.20. The Morgan fingerprint density at radius 1 is 1.15 bits per heavy atom. The Morgan fingerprint density at radius 3 is 2.27 bits per heavy atom. The van der Waals surface area contributed by atoms with Gasteiger partial charge in [0.15, 0.2) is 4.84 Å². The molecule has 0 saturated heterocycles. The molecule has 0 aliphatic carbocycles. The number of non-ortho nitro benzene ring substituents is 1. The van der Waals surface area contributed by atoms with Crippen molar-refractivity contribution in [3.8, 4) is 0 Å². The highest BCUT2D eigenvalue weighted by Crippen LogP contribution is 2.21. The van der Waals surface area contributed by atoms with Crippen LogP contribution < -0.4 is 10.6 Å². The summed E-state index contributed by atoms with van der Waals surface area (Å²) in [4.78, 5) is 44.0. The lowest BCUT2D eigenvalue weighted by molar-refractivity contribution is -0.384.